The predicted octanol–water partition coefficient (Wildman–Crippen LogP) is 5.33. The Hall–Kier alpha value is -3.26. The van der Waals surface area contributed by atoms with E-state index in [-0.39, 0.29) is 11.8 Å². The maximum Gasteiger partial charge on any atom is 0.437 e. The van der Waals surface area contributed by atoms with Gasteiger partial charge in [-0.2, -0.15) is 5.10 Å². The molecular formula is C27H35N5O3. The highest BCUT2D eigenvalue weighted by Crippen LogP contribution is 2.26. The van der Waals surface area contributed by atoms with Crippen molar-refractivity contribution >= 4 is 28.7 Å². The largest absolute Gasteiger partial charge is 0.442 e. The van der Waals surface area contributed by atoms with Crippen LogP contribution in [-0.4, -0.2) is 56.9 Å². The second kappa shape index (κ2) is 10.6. The minimum absolute atomic E-state index is 0.145. The number of rotatable bonds is 6. The van der Waals surface area contributed by atoms with E-state index in [0.717, 1.165) is 40.8 Å². The Labute approximate surface area is 206 Å². The fourth-order valence-electron chi connectivity index (χ4n) is 4.45. The molecule has 0 saturated carbocycles. The maximum absolute atomic E-state index is 12.9. The monoisotopic (exact) mass is 477 g/mol. The fraction of sp³-hybridized carbons (Fsp3) is 0.481. The van der Waals surface area contributed by atoms with E-state index < -0.39 is 11.7 Å². The number of amides is 1. The Balaban J connectivity index is 1.54. The van der Waals surface area contributed by atoms with Crippen LogP contribution in [0.1, 0.15) is 53.4 Å². The van der Waals surface area contributed by atoms with E-state index in [1.165, 1.54) is 19.3 Å². The van der Waals surface area contributed by atoms with Crippen LogP contribution in [0.25, 0.3) is 22.2 Å². The molecule has 0 aliphatic carbocycles. The highest BCUT2D eigenvalue weighted by molar-refractivity contribution is 5.93. The van der Waals surface area contributed by atoms with Gasteiger partial charge in [-0.25, -0.2) is 4.79 Å². The first-order chi connectivity index (χ1) is 16.7. The van der Waals surface area contributed by atoms with Gasteiger partial charge in [-0.05, 0) is 70.8 Å². The van der Waals surface area contributed by atoms with Crippen molar-refractivity contribution in [3.8, 4) is 11.3 Å². The average Bonchev–Trinajstić information content (AvgIpc) is 3.22. The number of benzene rings is 1. The second-order valence-corrected chi connectivity index (χ2v) is 10.4. The van der Waals surface area contributed by atoms with E-state index in [0.29, 0.717) is 17.9 Å². The lowest BCUT2D eigenvalue weighted by atomic mass is 10.0. The van der Waals surface area contributed by atoms with Crippen molar-refractivity contribution in [2.45, 2.75) is 59.0 Å². The van der Waals surface area contributed by atoms with Crippen LogP contribution in [0.3, 0.4) is 0 Å². The molecule has 4 rings (SSSR count). The summed E-state index contributed by atoms with van der Waals surface area (Å²) < 4.78 is 6.68. The molecule has 35 heavy (non-hydrogen) atoms. The number of pyridine rings is 1. The van der Waals surface area contributed by atoms with Gasteiger partial charge in [0.05, 0.1) is 11.2 Å². The molecule has 3 aromatic rings. The molecule has 1 fully saturated rings. The van der Waals surface area contributed by atoms with Crippen LogP contribution in [0.2, 0.25) is 0 Å². The minimum Gasteiger partial charge on any atom is -0.442 e. The molecule has 8 heteroatoms. The summed E-state index contributed by atoms with van der Waals surface area (Å²) in [6.07, 6.45) is 5.22. The van der Waals surface area contributed by atoms with Crippen molar-refractivity contribution in [3.05, 3.63) is 42.6 Å². The summed E-state index contributed by atoms with van der Waals surface area (Å²) in [5, 5.41) is 8.37. The van der Waals surface area contributed by atoms with Gasteiger partial charge in [-0.15, -0.1) is 4.68 Å². The average molecular weight is 478 g/mol. The Morgan fingerprint density at radius 2 is 1.89 bits per heavy atom. The standard InChI is InChI=1S/C27H35N5O3/c1-19(18-31-13-6-5-7-14-31)15-25(33)29-24-17-23(30-32(24)26(34)35-27(2,3)4)21-10-11-22-20(16-21)9-8-12-28-22/h8-12,16-17,19H,5-7,13-15,18H2,1-4H3,(H,29,33). The summed E-state index contributed by atoms with van der Waals surface area (Å²) in [6, 6.07) is 11.4. The first kappa shape index (κ1) is 24.9. The first-order valence-electron chi connectivity index (χ1n) is 12.4. The van der Waals surface area contributed by atoms with Gasteiger partial charge in [0.1, 0.15) is 11.4 Å². The van der Waals surface area contributed by atoms with Crippen LogP contribution in [0.4, 0.5) is 10.6 Å². The van der Waals surface area contributed by atoms with E-state index in [1.807, 2.05) is 30.3 Å². The minimum atomic E-state index is -0.692. The molecule has 1 N–H and O–H groups in total. The number of nitrogens with one attached hydrogen (secondary N) is 1. The number of nitrogens with zero attached hydrogens (tertiary/aromatic N) is 4. The fourth-order valence-corrected chi connectivity index (χ4v) is 4.45. The summed E-state index contributed by atoms with van der Waals surface area (Å²) >= 11 is 0. The molecule has 1 aromatic carbocycles. The molecule has 1 saturated heterocycles. The molecule has 8 nitrogen and oxygen atoms in total. The Kier molecular flexibility index (Phi) is 7.50. The molecule has 1 amide bonds. The molecule has 3 heterocycles. The van der Waals surface area contributed by atoms with Crippen molar-refractivity contribution < 1.29 is 14.3 Å². The zero-order valence-corrected chi connectivity index (χ0v) is 21.1. The smallest absolute Gasteiger partial charge is 0.437 e. The van der Waals surface area contributed by atoms with Crippen LogP contribution in [0, 0.1) is 5.92 Å². The van der Waals surface area contributed by atoms with Gasteiger partial charge >= 0.3 is 6.09 Å². The van der Waals surface area contributed by atoms with Gasteiger partial charge in [0.2, 0.25) is 5.91 Å². The zero-order chi connectivity index (χ0) is 25.0. The van der Waals surface area contributed by atoms with Crippen molar-refractivity contribution in [3.63, 3.8) is 0 Å². The summed E-state index contributed by atoms with van der Waals surface area (Å²) in [4.78, 5) is 32.6. The number of carbonyl (C=O) groups excluding carboxylic acids is 2. The molecule has 186 valence electrons. The molecule has 2 aromatic heterocycles. The summed E-state index contributed by atoms with van der Waals surface area (Å²) in [5.74, 6) is 0.364. The Bertz CT molecular complexity index is 1190. The van der Waals surface area contributed by atoms with Gasteiger partial charge in [0.25, 0.3) is 0 Å². The molecule has 1 unspecified atom stereocenters. The normalized spacial score (nSPS) is 15.7. The number of fused-ring (bicyclic) bond motifs is 1. The van der Waals surface area contributed by atoms with Crippen LogP contribution < -0.4 is 5.32 Å². The van der Waals surface area contributed by atoms with Crippen LogP contribution in [0.5, 0.6) is 0 Å². The van der Waals surface area contributed by atoms with Gasteiger partial charge < -0.3 is 15.0 Å². The van der Waals surface area contributed by atoms with E-state index in [4.69, 9.17) is 4.74 Å². The molecule has 1 aliphatic rings. The number of piperidine rings is 1. The van der Waals surface area contributed by atoms with E-state index in [9.17, 15) is 9.59 Å². The molecule has 1 atom stereocenters. The third-order valence-electron chi connectivity index (χ3n) is 5.99. The van der Waals surface area contributed by atoms with E-state index >= 15 is 0 Å². The summed E-state index contributed by atoms with van der Waals surface area (Å²) in [5.41, 5.74) is 1.57. The molecular weight excluding hydrogens is 442 g/mol. The SMILES string of the molecule is CC(CC(=O)Nc1cc(-c2ccc3ncccc3c2)nn1C(=O)OC(C)(C)C)CN1CCCCC1. The van der Waals surface area contributed by atoms with Gasteiger partial charge in [-0.3, -0.25) is 9.78 Å². The Morgan fingerprint density at radius 3 is 2.63 bits per heavy atom. The van der Waals surface area contributed by atoms with Crippen molar-refractivity contribution in [1.82, 2.24) is 19.7 Å². The zero-order valence-electron chi connectivity index (χ0n) is 21.1. The lowest BCUT2D eigenvalue weighted by Gasteiger charge is -2.28. The number of aromatic nitrogens is 3. The van der Waals surface area contributed by atoms with E-state index in [2.05, 4.69) is 27.2 Å². The maximum atomic E-state index is 12.9. The van der Waals surface area contributed by atoms with Gasteiger partial charge in [0, 0.05) is 36.2 Å². The number of carbonyl (C=O) groups is 2. The number of hydrogen-bond donors (Lipinski definition) is 1. The summed E-state index contributed by atoms with van der Waals surface area (Å²) in [7, 11) is 0. The number of hydrogen-bond acceptors (Lipinski definition) is 6. The van der Waals surface area contributed by atoms with Gasteiger partial charge in [-0.1, -0.05) is 25.5 Å². The van der Waals surface area contributed by atoms with Crippen molar-refractivity contribution in [2.75, 3.05) is 25.0 Å². The predicted molar refractivity (Wildman–Crippen MR) is 137 cm³/mol. The summed E-state index contributed by atoms with van der Waals surface area (Å²) in [6.45, 7) is 10.6. The number of likely N-dealkylation sites (tertiary alicyclic amines) is 1. The number of anilines is 1. The van der Waals surface area contributed by atoms with E-state index in [1.54, 1.807) is 33.0 Å². The molecule has 0 radical (unpaired) electrons. The lowest BCUT2D eigenvalue weighted by Crippen LogP contribution is -2.34. The number of ether oxygens (including phenoxy) is 1. The third-order valence-corrected chi connectivity index (χ3v) is 5.99. The first-order valence-corrected chi connectivity index (χ1v) is 12.4. The van der Waals surface area contributed by atoms with Crippen molar-refractivity contribution in [2.24, 2.45) is 5.92 Å². The quantitative estimate of drug-likeness (QED) is 0.516. The highest BCUT2D eigenvalue weighted by atomic mass is 16.6. The topological polar surface area (TPSA) is 89.3 Å². The molecule has 0 bridgehead atoms. The van der Waals surface area contributed by atoms with Crippen LogP contribution >= 0.6 is 0 Å². The third kappa shape index (κ3) is 6.66. The lowest BCUT2D eigenvalue weighted by molar-refractivity contribution is -0.117. The molecule has 1 aliphatic heterocycles. The van der Waals surface area contributed by atoms with Crippen LogP contribution in [-0.2, 0) is 9.53 Å². The second-order valence-electron chi connectivity index (χ2n) is 10.4. The van der Waals surface area contributed by atoms with Crippen molar-refractivity contribution in [1.29, 1.82) is 0 Å². The van der Waals surface area contributed by atoms with Gasteiger partial charge in [0.15, 0.2) is 0 Å². The highest BCUT2D eigenvalue weighted by Gasteiger charge is 2.24. The Morgan fingerprint density at radius 1 is 1.11 bits per heavy atom. The van der Waals surface area contributed by atoms with Crippen LogP contribution in [0.15, 0.2) is 42.6 Å². The molecule has 0 spiro atoms.